The number of rotatable bonds is 4. The molecule has 134 valence electrons. The maximum Gasteiger partial charge on any atom is 0.253 e. The molecule has 25 heavy (non-hydrogen) atoms. The maximum absolute atomic E-state index is 12.8. The molecular formula is C20H26N2O3. The van der Waals surface area contributed by atoms with Crippen LogP contribution in [0.1, 0.15) is 53.6 Å². The predicted molar refractivity (Wildman–Crippen MR) is 95.7 cm³/mol. The largest absolute Gasteiger partial charge is 0.489 e. The fraction of sp³-hybridized carbons (Fsp3) is 0.500. The number of nitrogens with zero attached hydrogens (tertiary/aromatic N) is 2. The molecule has 5 nitrogen and oxygen atoms in total. The Morgan fingerprint density at radius 3 is 2.92 bits per heavy atom. The highest BCUT2D eigenvalue weighted by Crippen LogP contribution is 2.21. The maximum atomic E-state index is 12.8. The lowest BCUT2D eigenvalue weighted by molar-refractivity contribution is 0.0760. The van der Waals surface area contributed by atoms with Gasteiger partial charge in [-0.2, -0.15) is 0 Å². The molecule has 0 unspecified atom stereocenters. The van der Waals surface area contributed by atoms with Gasteiger partial charge >= 0.3 is 0 Å². The van der Waals surface area contributed by atoms with Crippen LogP contribution in [0.15, 0.2) is 28.8 Å². The number of benzene rings is 1. The number of aryl methyl sites for hydroxylation is 2. The van der Waals surface area contributed by atoms with Gasteiger partial charge < -0.3 is 14.2 Å². The van der Waals surface area contributed by atoms with Gasteiger partial charge in [0.25, 0.3) is 5.91 Å². The predicted octanol–water partition coefficient (Wildman–Crippen LogP) is 4.13. The topological polar surface area (TPSA) is 55.6 Å². The molecule has 0 aliphatic carbocycles. The average molecular weight is 342 g/mol. The molecule has 1 fully saturated rings. The second-order valence-corrected chi connectivity index (χ2v) is 6.95. The number of carbonyl (C=O) groups is 1. The number of aromatic nitrogens is 1. The van der Waals surface area contributed by atoms with Gasteiger partial charge in [0.2, 0.25) is 0 Å². The molecule has 0 spiro atoms. The third-order valence-electron chi connectivity index (χ3n) is 4.95. The molecule has 1 amide bonds. The van der Waals surface area contributed by atoms with Crippen molar-refractivity contribution in [3.05, 3.63) is 46.8 Å². The van der Waals surface area contributed by atoms with Gasteiger partial charge in [0.15, 0.2) is 0 Å². The average Bonchev–Trinajstić information content (AvgIpc) is 2.80. The zero-order chi connectivity index (χ0) is 17.8. The fourth-order valence-electron chi connectivity index (χ4n) is 3.23. The monoisotopic (exact) mass is 342 g/mol. The summed E-state index contributed by atoms with van der Waals surface area (Å²) in [5.74, 6) is 2.25. The van der Waals surface area contributed by atoms with Gasteiger partial charge in [0, 0.05) is 18.7 Å². The van der Waals surface area contributed by atoms with Crippen molar-refractivity contribution in [1.29, 1.82) is 0 Å². The molecule has 5 heteroatoms. The van der Waals surface area contributed by atoms with Gasteiger partial charge in [-0.3, -0.25) is 4.79 Å². The molecular weight excluding hydrogens is 316 g/mol. The van der Waals surface area contributed by atoms with Crippen LogP contribution in [0.2, 0.25) is 0 Å². The van der Waals surface area contributed by atoms with Crippen molar-refractivity contribution < 1.29 is 14.1 Å². The summed E-state index contributed by atoms with van der Waals surface area (Å²) in [6.07, 6.45) is 3.35. The molecule has 1 aromatic heterocycles. The van der Waals surface area contributed by atoms with E-state index < -0.39 is 0 Å². The molecule has 0 radical (unpaired) electrons. The van der Waals surface area contributed by atoms with E-state index in [2.05, 4.69) is 12.1 Å². The van der Waals surface area contributed by atoms with E-state index >= 15 is 0 Å². The van der Waals surface area contributed by atoms with Crippen LogP contribution in [0.5, 0.6) is 5.75 Å². The van der Waals surface area contributed by atoms with E-state index in [1.54, 1.807) is 0 Å². The normalized spacial score (nSPS) is 18.0. The number of carbonyl (C=O) groups excluding carboxylic acids is 1. The first kappa shape index (κ1) is 17.5. The van der Waals surface area contributed by atoms with Crippen molar-refractivity contribution in [2.45, 2.75) is 46.6 Å². The number of ether oxygens (including phenoxy) is 1. The number of likely N-dealkylation sites (tertiary alicyclic amines) is 1. The molecule has 1 aromatic carbocycles. The lowest BCUT2D eigenvalue weighted by Gasteiger charge is -2.20. The Morgan fingerprint density at radius 1 is 1.32 bits per heavy atom. The Balaban J connectivity index is 1.67. The Kier molecular flexibility index (Phi) is 5.41. The van der Waals surface area contributed by atoms with E-state index in [4.69, 9.17) is 9.26 Å². The van der Waals surface area contributed by atoms with Gasteiger partial charge in [0.1, 0.15) is 18.1 Å². The molecule has 1 saturated heterocycles. The first-order chi connectivity index (χ1) is 12.0. The van der Waals surface area contributed by atoms with Crippen molar-refractivity contribution in [1.82, 2.24) is 10.1 Å². The Hall–Kier alpha value is -2.30. The Morgan fingerprint density at radius 2 is 2.16 bits per heavy atom. The third kappa shape index (κ3) is 4.21. The minimum absolute atomic E-state index is 0.0943. The Labute approximate surface area is 148 Å². The molecule has 1 aliphatic rings. The van der Waals surface area contributed by atoms with Crippen LogP contribution >= 0.6 is 0 Å². The summed E-state index contributed by atoms with van der Waals surface area (Å²) in [5, 5.41) is 3.93. The quantitative estimate of drug-likeness (QED) is 0.838. The molecule has 0 N–H and O–H groups in total. The highest BCUT2D eigenvalue weighted by Gasteiger charge is 2.20. The first-order valence-corrected chi connectivity index (χ1v) is 8.98. The van der Waals surface area contributed by atoms with E-state index in [1.807, 2.05) is 43.0 Å². The summed E-state index contributed by atoms with van der Waals surface area (Å²) < 4.78 is 11.0. The van der Waals surface area contributed by atoms with Gasteiger partial charge in [-0.15, -0.1) is 0 Å². The summed E-state index contributed by atoms with van der Waals surface area (Å²) >= 11 is 0. The minimum Gasteiger partial charge on any atom is -0.489 e. The van der Waals surface area contributed by atoms with Gasteiger partial charge in [-0.1, -0.05) is 18.1 Å². The van der Waals surface area contributed by atoms with Gasteiger partial charge in [-0.25, -0.2) is 0 Å². The number of hydrogen-bond donors (Lipinski definition) is 0. The van der Waals surface area contributed by atoms with Crippen molar-refractivity contribution in [2.24, 2.45) is 5.92 Å². The standard InChI is InChI=1S/C20H26N2O3/c1-14-6-5-10-22(11-9-14)20(23)17-7-4-8-18(12-17)24-13-19-15(2)21-25-16(19)3/h4,7-8,12,14H,5-6,9-11,13H2,1-3H3/t14-/m1/s1. The van der Waals surface area contributed by atoms with E-state index in [0.29, 0.717) is 23.8 Å². The Bertz CT molecular complexity index is 719. The summed E-state index contributed by atoms with van der Waals surface area (Å²) in [6, 6.07) is 7.43. The number of amides is 1. The third-order valence-corrected chi connectivity index (χ3v) is 4.95. The van der Waals surface area contributed by atoms with Gasteiger partial charge in [-0.05, 0) is 57.2 Å². The SMILES string of the molecule is Cc1noc(C)c1COc1cccc(C(=O)N2CCC[C@@H](C)CC2)c1. The van der Waals surface area contributed by atoms with E-state index in [9.17, 15) is 4.79 Å². The molecule has 3 rings (SSSR count). The van der Waals surface area contributed by atoms with Crippen LogP contribution in [-0.4, -0.2) is 29.1 Å². The summed E-state index contributed by atoms with van der Waals surface area (Å²) in [5.41, 5.74) is 2.48. The van der Waals surface area contributed by atoms with Crippen LogP contribution in [-0.2, 0) is 6.61 Å². The lowest BCUT2D eigenvalue weighted by atomic mass is 10.0. The fourth-order valence-corrected chi connectivity index (χ4v) is 3.23. The lowest BCUT2D eigenvalue weighted by Crippen LogP contribution is -2.31. The molecule has 1 aliphatic heterocycles. The van der Waals surface area contributed by atoms with E-state index in [1.165, 1.54) is 6.42 Å². The molecule has 2 heterocycles. The number of hydrogen-bond acceptors (Lipinski definition) is 4. The van der Waals surface area contributed by atoms with Crippen molar-refractivity contribution >= 4 is 5.91 Å². The van der Waals surface area contributed by atoms with E-state index in [-0.39, 0.29) is 5.91 Å². The summed E-state index contributed by atoms with van der Waals surface area (Å²) in [7, 11) is 0. The second-order valence-electron chi connectivity index (χ2n) is 6.95. The molecule has 0 saturated carbocycles. The summed E-state index contributed by atoms with van der Waals surface area (Å²) in [4.78, 5) is 14.8. The van der Waals surface area contributed by atoms with Crippen LogP contribution in [0.4, 0.5) is 0 Å². The highest BCUT2D eigenvalue weighted by atomic mass is 16.5. The van der Waals surface area contributed by atoms with Crippen LogP contribution in [0, 0.1) is 19.8 Å². The van der Waals surface area contributed by atoms with Crippen molar-refractivity contribution in [3.63, 3.8) is 0 Å². The molecule has 2 aromatic rings. The zero-order valence-electron chi connectivity index (χ0n) is 15.2. The van der Waals surface area contributed by atoms with Crippen molar-refractivity contribution in [2.75, 3.05) is 13.1 Å². The second kappa shape index (κ2) is 7.72. The van der Waals surface area contributed by atoms with Crippen LogP contribution in [0.25, 0.3) is 0 Å². The van der Waals surface area contributed by atoms with Crippen molar-refractivity contribution in [3.8, 4) is 5.75 Å². The molecule has 0 bridgehead atoms. The molecule has 1 atom stereocenters. The minimum atomic E-state index is 0.0943. The highest BCUT2D eigenvalue weighted by molar-refractivity contribution is 5.94. The van der Waals surface area contributed by atoms with Gasteiger partial charge in [0.05, 0.1) is 11.3 Å². The smallest absolute Gasteiger partial charge is 0.253 e. The summed E-state index contributed by atoms with van der Waals surface area (Å²) in [6.45, 7) is 8.10. The van der Waals surface area contributed by atoms with E-state index in [0.717, 1.165) is 42.9 Å². The van der Waals surface area contributed by atoms with Crippen LogP contribution < -0.4 is 4.74 Å². The first-order valence-electron chi connectivity index (χ1n) is 8.98. The zero-order valence-corrected chi connectivity index (χ0v) is 15.2. The van der Waals surface area contributed by atoms with Crippen LogP contribution in [0.3, 0.4) is 0 Å².